The van der Waals surface area contributed by atoms with Gasteiger partial charge in [0.15, 0.2) is 4.80 Å². The Labute approximate surface area is 272 Å². The molecule has 3 heterocycles. The number of allylic oxidation sites excluding steroid dienone is 1. The minimum Gasteiger partial charge on any atom is -0.496 e. The largest absolute Gasteiger partial charge is 0.496 e. The summed E-state index contributed by atoms with van der Waals surface area (Å²) >= 11 is 1.19. The van der Waals surface area contributed by atoms with Crippen LogP contribution in [0.2, 0.25) is 0 Å². The van der Waals surface area contributed by atoms with Gasteiger partial charge in [-0.3, -0.25) is 19.5 Å². The van der Waals surface area contributed by atoms with Crippen LogP contribution in [0.5, 0.6) is 11.5 Å². The van der Waals surface area contributed by atoms with Gasteiger partial charge in [-0.15, -0.1) is 0 Å². The Hall–Kier alpha value is -5.49. The average molecular weight is 654 g/mol. The molecule has 0 unspecified atom stereocenters. The van der Waals surface area contributed by atoms with Crippen molar-refractivity contribution in [2.24, 2.45) is 4.99 Å². The predicted molar refractivity (Wildman–Crippen MR) is 177 cm³/mol. The molecule has 0 saturated carbocycles. The third-order valence-electron chi connectivity index (χ3n) is 7.88. The maximum Gasteiger partial charge on any atom is 0.338 e. The number of fused-ring (bicyclic) bond motifs is 2. The van der Waals surface area contributed by atoms with E-state index in [4.69, 9.17) is 23.6 Å². The first kappa shape index (κ1) is 31.5. The van der Waals surface area contributed by atoms with Gasteiger partial charge in [-0.05, 0) is 48.4 Å². The molecular weight excluding hydrogens is 622 g/mol. The zero-order chi connectivity index (χ0) is 33.2. The summed E-state index contributed by atoms with van der Waals surface area (Å²) in [6.07, 6.45) is 2.84. The lowest BCUT2D eigenvalue weighted by atomic mass is 9.90. The molecule has 0 spiro atoms. The summed E-state index contributed by atoms with van der Waals surface area (Å²) in [5.74, 6) is 1.04. The molecule has 0 fully saturated rings. The highest BCUT2D eigenvalue weighted by Crippen LogP contribution is 2.41. The second-order valence-electron chi connectivity index (χ2n) is 10.7. The van der Waals surface area contributed by atoms with Gasteiger partial charge in [0, 0.05) is 17.7 Å². The summed E-state index contributed by atoms with van der Waals surface area (Å²) in [4.78, 5) is 44.1. The maximum absolute atomic E-state index is 14.3. The number of carbonyl (C=O) groups excluding carboxylic acids is 1. The van der Waals surface area contributed by atoms with Crippen molar-refractivity contribution < 1.29 is 28.3 Å². The molecule has 1 aliphatic rings. The fraction of sp³-hybridized carbons (Fsp3) is 0.229. The lowest BCUT2D eigenvalue weighted by molar-refractivity contribution is -0.384. The van der Waals surface area contributed by atoms with Crippen LogP contribution in [-0.2, 0) is 9.53 Å². The smallest absolute Gasteiger partial charge is 0.338 e. The van der Waals surface area contributed by atoms with Gasteiger partial charge < -0.3 is 18.6 Å². The standard InChI is InChI=1S/C35H31N3O8S/c1-5-9-25-31(34(40)45-6-2)32(30-23-11-8-7-10-20(23)12-16-27(30)43-3)37-33(39)29(47-35(37)36-25)19-22-14-17-26(46-22)24-15-13-21(38(41)42)18-28(24)44-4/h7-8,10-19,32H,5-6,9H2,1-4H3/b29-19-/t32-/m1/s1. The second kappa shape index (κ2) is 13.1. The summed E-state index contributed by atoms with van der Waals surface area (Å²) in [6.45, 7) is 3.90. The molecule has 0 radical (unpaired) electrons. The highest BCUT2D eigenvalue weighted by molar-refractivity contribution is 7.07. The first-order valence-electron chi connectivity index (χ1n) is 15.0. The fourth-order valence-electron chi connectivity index (χ4n) is 5.83. The summed E-state index contributed by atoms with van der Waals surface area (Å²) in [6, 6.07) is 18.3. The molecule has 0 N–H and O–H groups in total. The molecule has 3 aromatic carbocycles. The Balaban J connectivity index is 1.56. The predicted octanol–water partition coefficient (Wildman–Crippen LogP) is 5.92. The lowest BCUT2D eigenvalue weighted by Gasteiger charge is -2.28. The Morgan fingerprint density at radius 3 is 2.57 bits per heavy atom. The number of ether oxygens (including phenoxy) is 3. The van der Waals surface area contributed by atoms with Gasteiger partial charge in [0.1, 0.15) is 29.1 Å². The molecule has 5 aromatic rings. The number of nitro benzene ring substituents is 1. The number of rotatable bonds is 10. The van der Waals surface area contributed by atoms with Crippen LogP contribution >= 0.6 is 11.3 Å². The van der Waals surface area contributed by atoms with Crippen molar-refractivity contribution in [1.29, 1.82) is 0 Å². The number of hydrogen-bond donors (Lipinski definition) is 0. The maximum atomic E-state index is 14.3. The van der Waals surface area contributed by atoms with E-state index in [0.29, 0.717) is 55.4 Å². The first-order valence-corrected chi connectivity index (χ1v) is 15.8. The molecule has 2 aromatic heterocycles. The third kappa shape index (κ3) is 5.72. The number of non-ortho nitro benzene ring substituents is 1. The van der Waals surface area contributed by atoms with E-state index in [1.165, 1.54) is 35.1 Å². The molecule has 1 atom stereocenters. The second-order valence-corrected chi connectivity index (χ2v) is 11.7. The number of furan rings is 1. The first-order chi connectivity index (χ1) is 22.8. The number of aromatic nitrogens is 1. The number of hydrogen-bond acceptors (Lipinski definition) is 10. The number of esters is 1. The van der Waals surface area contributed by atoms with Crippen molar-refractivity contribution in [2.45, 2.75) is 32.7 Å². The van der Waals surface area contributed by atoms with E-state index >= 15 is 0 Å². The van der Waals surface area contributed by atoms with Crippen LogP contribution in [-0.4, -0.2) is 36.3 Å². The van der Waals surface area contributed by atoms with Crippen molar-refractivity contribution in [3.05, 3.63) is 119 Å². The molecular formula is C35H31N3O8S. The summed E-state index contributed by atoms with van der Waals surface area (Å²) < 4.78 is 24.7. The summed E-state index contributed by atoms with van der Waals surface area (Å²) in [5, 5.41) is 13.0. The minimum absolute atomic E-state index is 0.111. The van der Waals surface area contributed by atoms with E-state index < -0.39 is 16.9 Å². The van der Waals surface area contributed by atoms with E-state index in [9.17, 15) is 19.7 Å². The van der Waals surface area contributed by atoms with Crippen LogP contribution in [0.4, 0.5) is 5.69 Å². The highest BCUT2D eigenvalue weighted by atomic mass is 32.1. The van der Waals surface area contributed by atoms with Crippen molar-refractivity contribution in [1.82, 2.24) is 4.57 Å². The van der Waals surface area contributed by atoms with Crippen LogP contribution in [0.25, 0.3) is 28.2 Å². The number of carbonyl (C=O) groups is 1. The monoisotopic (exact) mass is 653 g/mol. The SMILES string of the molecule is CCCC1=C(C(=O)OCC)[C@@H](c2c(OC)ccc3ccccc23)n2c(s/c(=C\c3ccc(-c4ccc([N+](=O)[O-])cc4OC)o3)c2=O)=N1. The molecule has 0 aliphatic carbocycles. The van der Waals surface area contributed by atoms with Gasteiger partial charge in [-0.2, -0.15) is 0 Å². The van der Waals surface area contributed by atoms with Crippen LogP contribution in [0.1, 0.15) is 44.1 Å². The molecule has 240 valence electrons. The molecule has 0 bridgehead atoms. The number of benzene rings is 3. The Kier molecular flexibility index (Phi) is 8.77. The molecule has 1 aliphatic heterocycles. The van der Waals surface area contributed by atoms with Crippen LogP contribution in [0, 0.1) is 10.1 Å². The van der Waals surface area contributed by atoms with Crippen LogP contribution in [0.3, 0.4) is 0 Å². The molecule has 0 amide bonds. The van der Waals surface area contributed by atoms with Crippen LogP contribution < -0.4 is 24.4 Å². The third-order valence-corrected chi connectivity index (χ3v) is 8.86. The van der Waals surface area contributed by atoms with E-state index in [1.807, 2.05) is 43.3 Å². The zero-order valence-corrected chi connectivity index (χ0v) is 27.0. The van der Waals surface area contributed by atoms with Crippen molar-refractivity contribution in [3.8, 4) is 22.8 Å². The average Bonchev–Trinajstić information content (AvgIpc) is 3.67. The fourth-order valence-corrected chi connectivity index (χ4v) is 6.83. The minimum atomic E-state index is -0.869. The summed E-state index contributed by atoms with van der Waals surface area (Å²) in [7, 11) is 2.98. The summed E-state index contributed by atoms with van der Waals surface area (Å²) in [5.41, 5.74) is 1.57. The zero-order valence-electron chi connectivity index (χ0n) is 26.1. The Morgan fingerprint density at radius 2 is 1.85 bits per heavy atom. The van der Waals surface area contributed by atoms with Gasteiger partial charge in [0.2, 0.25) is 0 Å². The lowest BCUT2D eigenvalue weighted by Crippen LogP contribution is -2.40. The quantitative estimate of drug-likeness (QED) is 0.103. The highest BCUT2D eigenvalue weighted by Gasteiger charge is 2.37. The van der Waals surface area contributed by atoms with Crippen LogP contribution in [0.15, 0.2) is 92.2 Å². The van der Waals surface area contributed by atoms with Gasteiger partial charge in [0.05, 0.1) is 53.2 Å². The van der Waals surface area contributed by atoms with Crippen molar-refractivity contribution >= 4 is 39.8 Å². The van der Waals surface area contributed by atoms with E-state index in [-0.39, 0.29) is 23.6 Å². The van der Waals surface area contributed by atoms with Crippen molar-refractivity contribution in [3.63, 3.8) is 0 Å². The molecule has 0 saturated heterocycles. The van der Waals surface area contributed by atoms with E-state index in [0.717, 1.165) is 17.2 Å². The van der Waals surface area contributed by atoms with Gasteiger partial charge in [0.25, 0.3) is 11.2 Å². The Bertz CT molecular complexity index is 2240. The van der Waals surface area contributed by atoms with E-state index in [1.54, 1.807) is 38.3 Å². The van der Waals surface area contributed by atoms with Gasteiger partial charge >= 0.3 is 5.97 Å². The molecule has 6 rings (SSSR count). The molecule has 12 heteroatoms. The Morgan fingerprint density at radius 1 is 1.06 bits per heavy atom. The topological polar surface area (TPSA) is 135 Å². The number of thiazole rings is 1. The number of methoxy groups -OCH3 is 2. The number of nitro groups is 1. The van der Waals surface area contributed by atoms with Crippen molar-refractivity contribution in [2.75, 3.05) is 20.8 Å². The van der Waals surface area contributed by atoms with E-state index in [2.05, 4.69) is 0 Å². The normalized spacial score (nSPS) is 14.6. The molecule has 11 nitrogen and oxygen atoms in total. The van der Waals surface area contributed by atoms with Gasteiger partial charge in [-0.25, -0.2) is 9.79 Å². The number of nitrogens with zero attached hydrogens (tertiary/aromatic N) is 3. The molecule has 47 heavy (non-hydrogen) atoms. The van der Waals surface area contributed by atoms with Gasteiger partial charge in [-0.1, -0.05) is 55.0 Å².